The van der Waals surface area contributed by atoms with Gasteiger partial charge in [0.15, 0.2) is 0 Å². The SMILES string of the molecule is Cn1cncc1CN1CCC2(CC1)C[C@@H](N1CCOCC1)c1ccccc12. The zero-order chi connectivity index (χ0) is 18.3. The molecule has 27 heavy (non-hydrogen) atoms. The Kier molecular flexibility index (Phi) is 4.54. The minimum Gasteiger partial charge on any atom is -0.379 e. The Labute approximate surface area is 161 Å². The highest BCUT2D eigenvalue weighted by molar-refractivity contribution is 5.43. The van der Waals surface area contributed by atoms with Crippen molar-refractivity contribution in [2.45, 2.75) is 37.3 Å². The summed E-state index contributed by atoms with van der Waals surface area (Å²) < 4.78 is 7.74. The van der Waals surface area contributed by atoms with Crippen molar-refractivity contribution in [2.75, 3.05) is 39.4 Å². The molecule has 2 aromatic rings. The van der Waals surface area contributed by atoms with Gasteiger partial charge >= 0.3 is 0 Å². The van der Waals surface area contributed by atoms with Crippen molar-refractivity contribution in [2.24, 2.45) is 7.05 Å². The summed E-state index contributed by atoms with van der Waals surface area (Å²) in [6.45, 7) is 7.27. The molecule has 2 saturated heterocycles. The van der Waals surface area contributed by atoms with Crippen LogP contribution in [0.3, 0.4) is 0 Å². The van der Waals surface area contributed by atoms with Crippen molar-refractivity contribution in [1.82, 2.24) is 19.4 Å². The molecule has 0 unspecified atom stereocenters. The molecule has 0 saturated carbocycles. The Balaban J connectivity index is 1.34. The summed E-state index contributed by atoms with van der Waals surface area (Å²) in [7, 11) is 2.09. The Morgan fingerprint density at radius 2 is 1.89 bits per heavy atom. The van der Waals surface area contributed by atoms with Crippen LogP contribution in [0.5, 0.6) is 0 Å². The number of aromatic nitrogens is 2. The molecule has 0 bridgehead atoms. The molecular weight excluding hydrogens is 336 g/mol. The van der Waals surface area contributed by atoms with E-state index in [-0.39, 0.29) is 0 Å². The molecule has 144 valence electrons. The Morgan fingerprint density at radius 1 is 1.11 bits per heavy atom. The third-order valence-electron chi connectivity index (χ3n) is 7.08. The standard InChI is InChI=1S/C22H30N4O/c1-24-17-23-15-18(24)16-25-8-6-22(7-9-25)14-21(26-10-12-27-13-11-26)19-4-2-3-5-20(19)22/h2-5,15,17,21H,6-14,16H2,1H3/t21-/m1/s1. The highest BCUT2D eigenvalue weighted by Gasteiger charge is 2.46. The molecule has 3 aliphatic rings. The third-order valence-corrected chi connectivity index (χ3v) is 7.08. The molecule has 0 N–H and O–H groups in total. The van der Waals surface area contributed by atoms with E-state index in [4.69, 9.17) is 4.74 Å². The molecular formula is C22H30N4O. The van der Waals surface area contributed by atoms with E-state index in [1.165, 1.54) is 38.0 Å². The number of hydrogen-bond donors (Lipinski definition) is 0. The number of fused-ring (bicyclic) bond motifs is 2. The highest BCUT2D eigenvalue weighted by Crippen LogP contribution is 2.52. The Morgan fingerprint density at radius 3 is 2.63 bits per heavy atom. The Hall–Kier alpha value is -1.69. The van der Waals surface area contributed by atoms with E-state index in [1.54, 1.807) is 11.1 Å². The van der Waals surface area contributed by atoms with Gasteiger partial charge in [0.05, 0.1) is 25.2 Å². The molecule has 2 aliphatic heterocycles. The monoisotopic (exact) mass is 366 g/mol. The van der Waals surface area contributed by atoms with Gasteiger partial charge in [-0.15, -0.1) is 0 Å². The average molecular weight is 367 g/mol. The van der Waals surface area contributed by atoms with Crippen LogP contribution in [-0.4, -0.2) is 58.7 Å². The normalized spacial score (nSPS) is 25.7. The molecule has 1 atom stereocenters. The number of rotatable bonds is 3. The average Bonchev–Trinajstić information content (AvgIpc) is 3.26. The summed E-state index contributed by atoms with van der Waals surface area (Å²) in [6, 6.07) is 9.83. The number of morpholine rings is 1. The second-order valence-electron chi connectivity index (χ2n) is 8.51. The van der Waals surface area contributed by atoms with Gasteiger partial charge < -0.3 is 9.30 Å². The molecule has 5 nitrogen and oxygen atoms in total. The number of imidazole rings is 1. The van der Waals surface area contributed by atoms with Crippen LogP contribution in [0.2, 0.25) is 0 Å². The summed E-state index contributed by atoms with van der Waals surface area (Å²) in [5, 5.41) is 0. The topological polar surface area (TPSA) is 33.5 Å². The first kappa shape index (κ1) is 17.4. The second kappa shape index (κ2) is 7.04. The lowest BCUT2D eigenvalue weighted by atomic mass is 9.73. The van der Waals surface area contributed by atoms with Crippen LogP contribution in [0.25, 0.3) is 0 Å². The lowest BCUT2D eigenvalue weighted by Crippen LogP contribution is -2.43. The number of likely N-dealkylation sites (tertiary alicyclic amines) is 1. The molecule has 0 amide bonds. The quantitative estimate of drug-likeness (QED) is 0.836. The summed E-state index contributed by atoms with van der Waals surface area (Å²) in [5.74, 6) is 0. The van der Waals surface area contributed by atoms with Gasteiger partial charge in [-0.3, -0.25) is 9.80 Å². The lowest BCUT2D eigenvalue weighted by molar-refractivity contribution is 0.0102. The molecule has 1 aromatic carbocycles. The van der Waals surface area contributed by atoms with E-state index < -0.39 is 0 Å². The van der Waals surface area contributed by atoms with Crippen molar-refractivity contribution in [3.05, 3.63) is 53.6 Å². The number of piperidine rings is 1. The molecule has 1 aromatic heterocycles. The first-order valence-electron chi connectivity index (χ1n) is 10.3. The smallest absolute Gasteiger partial charge is 0.0945 e. The first-order chi connectivity index (χ1) is 13.3. The van der Waals surface area contributed by atoms with Crippen LogP contribution < -0.4 is 0 Å². The molecule has 3 heterocycles. The second-order valence-corrected chi connectivity index (χ2v) is 8.51. The van der Waals surface area contributed by atoms with Gasteiger partial charge in [0.1, 0.15) is 0 Å². The largest absolute Gasteiger partial charge is 0.379 e. The van der Waals surface area contributed by atoms with E-state index >= 15 is 0 Å². The molecule has 2 fully saturated rings. The van der Waals surface area contributed by atoms with E-state index in [1.807, 2.05) is 12.5 Å². The maximum Gasteiger partial charge on any atom is 0.0945 e. The van der Waals surface area contributed by atoms with Crippen LogP contribution in [0.15, 0.2) is 36.8 Å². The summed E-state index contributed by atoms with van der Waals surface area (Å²) >= 11 is 0. The molecule has 1 aliphatic carbocycles. The maximum absolute atomic E-state index is 5.60. The lowest BCUT2D eigenvalue weighted by Gasteiger charge is -2.41. The van der Waals surface area contributed by atoms with Gasteiger partial charge in [-0.25, -0.2) is 4.98 Å². The number of benzene rings is 1. The summed E-state index contributed by atoms with van der Waals surface area (Å²) in [4.78, 5) is 9.54. The Bertz CT molecular complexity index is 787. The number of aryl methyl sites for hydroxylation is 1. The molecule has 1 spiro atoms. The zero-order valence-corrected chi connectivity index (χ0v) is 16.3. The summed E-state index contributed by atoms with van der Waals surface area (Å²) in [5.41, 5.74) is 4.88. The number of hydrogen-bond acceptors (Lipinski definition) is 4. The highest BCUT2D eigenvalue weighted by atomic mass is 16.5. The van der Waals surface area contributed by atoms with Gasteiger partial charge in [0.2, 0.25) is 0 Å². The fourth-order valence-corrected chi connectivity index (χ4v) is 5.45. The zero-order valence-electron chi connectivity index (χ0n) is 16.3. The van der Waals surface area contributed by atoms with Crippen LogP contribution in [-0.2, 0) is 23.7 Å². The minimum absolute atomic E-state index is 0.364. The summed E-state index contributed by atoms with van der Waals surface area (Å²) in [6.07, 6.45) is 7.72. The first-order valence-corrected chi connectivity index (χ1v) is 10.3. The minimum atomic E-state index is 0.364. The van der Waals surface area contributed by atoms with Crippen molar-refractivity contribution < 1.29 is 4.74 Å². The molecule has 5 heteroatoms. The van der Waals surface area contributed by atoms with Crippen molar-refractivity contribution in [3.63, 3.8) is 0 Å². The van der Waals surface area contributed by atoms with Gasteiger partial charge in [-0.1, -0.05) is 24.3 Å². The fourth-order valence-electron chi connectivity index (χ4n) is 5.45. The van der Waals surface area contributed by atoms with Crippen LogP contribution in [0.1, 0.15) is 42.1 Å². The number of ether oxygens (including phenoxy) is 1. The van der Waals surface area contributed by atoms with Gasteiger partial charge in [-0.2, -0.15) is 0 Å². The van der Waals surface area contributed by atoms with Crippen molar-refractivity contribution >= 4 is 0 Å². The van der Waals surface area contributed by atoms with Crippen LogP contribution >= 0.6 is 0 Å². The third kappa shape index (κ3) is 3.12. The predicted octanol–water partition coefficient (Wildman–Crippen LogP) is 2.73. The molecule has 0 radical (unpaired) electrons. The van der Waals surface area contributed by atoms with Crippen molar-refractivity contribution in [1.29, 1.82) is 0 Å². The van der Waals surface area contributed by atoms with E-state index in [2.05, 4.69) is 50.7 Å². The predicted molar refractivity (Wildman–Crippen MR) is 106 cm³/mol. The van der Waals surface area contributed by atoms with E-state index in [0.29, 0.717) is 11.5 Å². The van der Waals surface area contributed by atoms with Gasteiger partial charge in [0.25, 0.3) is 0 Å². The fraction of sp³-hybridized carbons (Fsp3) is 0.591. The van der Waals surface area contributed by atoms with E-state index in [0.717, 1.165) is 32.8 Å². The van der Waals surface area contributed by atoms with Crippen LogP contribution in [0, 0.1) is 0 Å². The van der Waals surface area contributed by atoms with Crippen LogP contribution in [0.4, 0.5) is 0 Å². The maximum atomic E-state index is 5.60. The number of nitrogens with zero attached hydrogens (tertiary/aromatic N) is 4. The van der Waals surface area contributed by atoms with Gasteiger partial charge in [-0.05, 0) is 48.9 Å². The van der Waals surface area contributed by atoms with E-state index in [9.17, 15) is 0 Å². The van der Waals surface area contributed by atoms with Gasteiger partial charge in [0, 0.05) is 38.9 Å². The van der Waals surface area contributed by atoms with Crippen molar-refractivity contribution in [3.8, 4) is 0 Å². The molecule has 5 rings (SSSR count).